The van der Waals surface area contributed by atoms with E-state index in [1.165, 1.54) is 14.2 Å². The van der Waals surface area contributed by atoms with Gasteiger partial charge in [0.05, 0.1) is 14.2 Å². The number of methoxy groups -OCH3 is 2. The number of ether oxygens (including phenoxy) is 2. The average molecular weight is 204 g/mol. The van der Waals surface area contributed by atoms with Crippen molar-refractivity contribution in [3.05, 3.63) is 0 Å². The molecule has 6 heteroatoms. The van der Waals surface area contributed by atoms with Crippen molar-refractivity contribution in [1.82, 2.24) is 0 Å². The summed E-state index contributed by atoms with van der Waals surface area (Å²) in [4.78, 5) is 21.7. The molecular weight excluding hydrogens is 188 g/mol. The third-order valence-corrected chi connectivity index (χ3v) is 1.80. The quantitative estimate of drug-likeness (QED) is 0.543. The number of rotatable bonds is 5. The molecule has 4 N–H and O–H groups in total. The Hall–Kier alpha value is -1.14. The molecule has 0 rings (SSSR count). The van der Waals surface area contributed by atoms with Gasteiger partial charge >= 0.3 is 11.9 Å². The summed E-state index contributed by atoms with van der Waals surface area (Å²) in [6.07, 6.45) is 0.589. The topological polar surface area (TPSA) is 105 Å². The molecule has 0 amide bonds. The Labute approximate surface area is 82.5 Å². The summed E-state index contributed by atoms with van der Waals surface area (Å²) in [6.45, 7) is 0. The van der Waals surface area contributed by atoms with Crippen molar-refractivity contribution in [3.63, 3.8) is 0 Å². The zero-order valence-corrected chi connectivity index (χ0v) is 8.36. The Morgan fingerprint density at radius 1 is 1.00 bits per heavy atom. The van der Waals surface area contributed by atoms with Crippen LogP contribution in [0.1, 0.15) is 12.8 Å². The highest BCUT2D eigenvalue weighted by atomic mass is 16.5. The van der Waals surface area contributed by atoms with E-state index in [0.717, 1.165) is 0 Å². The van der Waals surface area contributed by atoms with Gasteiger partial charge in [-0.15, -0.1) is 0 Å². The van der Waals surface area contributed by atoms with E-state index >= 15 is 0 Å². The first-order valence-corrected chi connectivity index (χ1v) is 4.19. The van der Waals surface area contributed by atoms with Crippen molar-refractivity contribution in [2.45, 2.75) is 24.9 Å². The largest absolute Gasteiger partial charge is 0.468 e. The molecule has 0 aromatic heterocycles. The molecule has 0 saturated heterocycles. The fourth-order valence-electron chi connectivity index (χ4n) is 0.898. The molecule has 82 valence electrons. The van der Waals surface area contributed by atoms with Crippen LogP contribution in [0.5, 0.6) is 0 Å². The highest BCUT2D eigenvalue weighted by Gasteiger charge is 2.19. The molecular formula is C8H16N2O4. The fourth-order valence-corrected chi connectivity index (χ4v) is 0.898. The summed E-state index contributed by atoms with van der Waals surface area (Å²) in [6, 6.07) is -1.48. The number of carbonyl (C=O) groups excluding carboxylic acids is 2. The van der Waals surface area contributed by atoms with Crippen LogP contribution in [-0.4, -0.2) is 38.2 Å². The zero-order valence-electron chi connectivity index (χ0n) is 8.36. The summed E-state index contributed by atoms with van der Waals surface area (Å²) >= 11 is 0. The van der Waals surface area contributed by atoms with E-state index in [1.807, 2.05) is 0 Å². The van der Waals surface area contributed by atoms with Gasteiger partial charge in [-0.25, -0.2) is 0 Å². The van der Waals surface area contributed by atoms with Crippen LogP contribution in [0.2, 0.25) is 0 Å². The van der Waals surface area contributed by atoms with E-state index < -0.39 is 24.0 Å². The molecule has 0 aliphatic carbocycles. The maximum atomic E-state index is 10.9. The lowest BCUT2D eigenvalue weighted by Gasteiger charge is -2.12. The van der Waals surface area contributed by atoms with Gasteiger partial charge < -0.3 is 20.9 Å². The van der Waals surface area contributed by atoms with Gasteiger partial charge in [-0.1, -0.05) is 0 Å². The summed E-state index contributed by atoms with van der Waals surface area (Å²) in [5.74, 6) is -1.02. The van der Waals surface area contributed by atoms with Gasteiger partial charge in [0.15, 0.2) is 0 Å². The van der Waals surface area contributed by atoms with Crippen LogP contribution in [0, 0.1) is 0 Å². The number of nitrogens with two attached hydrogens (primary N) is 2. The molecule has 0 aliphatic heterocycles. The minimum absolute atomic E-state index is 0.295. The van der Waals surface area contributed by atoms with Crippen molar-refractivity contribution < 1.29 is 19.1 Å². The molecule has 0 aromatic carbocycles. The maximum absolute atomic E-state index is 10.9. The Bertz CT molecular complexity index is 186. The number of hydrogen-bond donors (Lipinski definition) is 2. The number of esters is 2. The monoisotopic (exact) mass is 204 g/mol. The third-order valence-electron chi connectivity index (χ3n) is 1.80. The molecule has 0 heterocycles. The molecule has 6 nitrogen and oxygen atoms in total. The Morgan fingerprint density at radius 2 is 1.29 bits per heavy atom. The summed E-state index contributed by atoms with van der Waals surface area (Å²) in [7, 11) is 2.50. The second-order valence-electron chi connectivity index (χ2n) is 2.84. The Morgan fingerprint density at radius 3 is 1.50 bits per heavy atom. The molecule has 2 unspecified atom stereocenters. The van der Waals surface area contributed by atoms with E-state index in [-0.39, 0.29) is 0 Å². The van der Waals surface area contributed by atoms with E-state index in [0.29, 0.717) is 12.8 Å². The van der Waals surface area contributed by atoms with Gasteiger partial charge in [-0.2, -0.15) is 0 Å². The highest BCUT2D eigenvalue weighted by molar-refractivity contribution is 5.76. The van der Waals surface area contributed by atoms with Crippen LogP contribution in [0.25, 0.3) is 0 Å². The van der Waals surface area contributed by atoms with Crippen LogP contribution in [-0.2, 0) is 19.1 Å². The molecule has 14 heavy (non-hydrogen) atoms. The molecule has 0 saturated carbocycles. The SMILES string of the molecule is COC(=O)C(N)CCC(N)C(=O)OC. The second kappa shape index (κ2) is 6.33. The molecule has 0 bridgehead atoms. The second-order valence-corrected chi connectivity index (χ2v) is 2.84. The fraction of sp³-hybridized carbons (Fsp3) is 0.750. The normalized spacial score (nSPS) is 14.3. The predicted octanol–water partition coefficient (Wildman–Crippen LogP) is -1.23. The Kier molecular flexibility index (Phi) is 5.82. The van der Waals surface area contributed by atoms with E-state index in [1.54, 1.807) is 0 Å². The van der Waals surface area contributed by atoms with Crippen molar-refractivity contribution in [2.75, 3.05) is 14.2 Å². The molecule has 0 aliphatic rings. The first kappa shape index (κ1) is 12.9. The van der Waals surface area contributed by atoms with Gasteiger partial charge in [0, 0.05) is 0 Å². The third kappa shape index (κ3) is 4.20. The first-order valence-electron chi connectivity index (χ1n) is 4.19. The van der Waals surface area contributed by atoms with Gasteiger partial charge in [-0.05, 0) is 12.8 Å². The van der Waals surface area contributed by atoms with Crippen molar-refractivity contribution >= 4 is 11.9 Å². The van der Waals surface area contributed by atoms with Gasteiger partial charge in [0.1, 0.15) is 12.1 Å². The Balaban J connectivity index is 3.82. The molecule has 0 radical (unpaired) electrons. The smallest absolute Gasteiger partial charge is 0.322 e. The summed E-state index contributed by atoms with van der Waals surface area (Å²) in [5.41, 5.74) is 10.9. The van der Waals surface area contributed by atoms with E-state index in [2.05, 4.69) is 9.47 Å². The predicted molar refractivity (Wildman–Crippen MR) is 49.2 cm³/mol. The molecule has 0 fully saturated rings. The van der Waals surface area contributed by atoms with Crippen LogP contribution in [0.3, 0.4) is 0 Å². The van der Waals surface area contributed by atoms with Crippen molar-refractivity contribution in [1.29, 1.82) is 0 Å². The minimum atomic E-state index is -0.740. The number of carbonyl (C=O) groups is 2. The molecule has 2 atom stereocenters. The lowest BCUT2D eigenvalue weighted by molar-refractivity contribution is -0.144. The van der Waals surface area contributed by atoms with Crippen LogP contribution < -0.4 is 11.5 Å². The van der Waals surface area contributed by atoms with E-state index in [4.69, 9.17) is 11.5 Å². The molecule has 0 aromatic rings. The summed E-state index contributed by atoms with van der Waals surface area (Å²) < 4.78 is 8.82. The lowest BCUT2D eigenvalue weighted by atomic mass is 10.1. The van der Waals surface area contributed by atoms with Gasteiger partial charge in [-0.3, -0.25) is 9.59 Å². The standard InChI is InChI=1S/C8H16N2O4/c1-13-7(11)5(9)3-4-6(10)8(12)14-2/h5-6H,3-4,9-10H2,1-2H3. The van der Waals surface area contributed by atoms with Gasteiger partial charge in [0.25, 0.3) is 0 Å². The van der Waals surface area contributed by atoms with Crippen LogP contribution in [0.15, 0.2) is 0 Å². The number of hydrogen-bond acceptors (Lipinski definition) is 6. The van der Waals surface area contributed by atoms with Crippen molar-refractivity contribution in [2.24, 2.45) is 11.5 Å². The lowest BCUT2D eigenvalue weighted by Crippen LogP contribution is -2.37. The van der Waals surface area contributed by atoms with Gasteiger partial charge in [0.2, 0.25) is 0 Å². The minimum Gasteiger partial charge on any atom is -0.468 e. The zero-order chi connectivity index (χ0) is 11.1. The van der Waals surface area contributed by atoms with Crippen LogP contribution in [0.4, 0.5) is 0 Å². The maximum Gasteiger partial charge on any atom is 0.322 e. The average Bonchev–Trinajstić information content (AvgIpc) is 2.22. The molecule has 0 spiro atoms. The highest BCUT2D eigenvalue weighted by Crippen LogP contribution is 2.01. The van der Waals surface area contributed by atoms with Crippen LogP contribution >= 0.6 is 0 Å². The van der Waals surface area contributed by atoms with Crippen molar-refractivity contribution in [3.8, 4) is 0 Å². The first-order chi connectivity index (χ1) is 6.52. The summed E-state index contributed by atoms with van der Waals surface area (Å²) in [5, 5.41) is 0. The van der Waals surface area contributed by atoms with E-state index in [9.17, 15) is 9.59 Å².